The van der Waals surface area contributed by atoms with Gasteiger partial charge in [-0.15, -0.1) is 0 Å². The van der Waals surface area contributed by atoms with Crippen LogP contribution in [0.25, 0.3) is 10.9 Å². The monoisotopic (exact) mass is 330 g/mol. The Morgan fingerprint density at radius 1 is 1.33 bits per heavy atom. The van der Waals surface area contributed by atoms with Crippen LogP contribution in [0.5, 0.6) is 0 Å². The Morgan fingerprint density at radius 3 is 2.71 bits per heavy atom. The largest absolute Gasteiger partial charge is 0.373 e. The van der Waals surface area contributed by atoms with Crippen LogP contribution in [0.4, 0.5) is 0 Å². The number of morpholine rings is 1. The molecule has 1 aliphatic rings. The van der Waals surface area contributed by atoms with E-state index in [9.17, 15) is 4.79 Å². The van der Waals surface area contributed by atoms with E-state index in [-0.39, 0.29) is 23.7 Å². The summed E-state index contributed by atoms with van der Waals surface area (Å²) in [5.74, 6) is -0.144. The molecule has 24 heavy (non-hydrogen) atoms. The lowest BCUT2D eigenvalue weighted by atomic mass is 10.00. The van der Waals surface area contributed by atoms with Crippen molar-refractivity contribution in [1.82, 2.24) is 20.4 Å². The zero-order valence-corrected chi connectivity index (χ0v) is 14.8. The van der Waals surface area contributed by atoms with E-state index in [1.165, 1.54) is 0 Å². The standard InChI is InChI=1S/C18H26N4O2/c1-12-9-22(10-13(2)24-12)18(3,4)11-19-17(23)16-14-7-5-6-8-15(14)20-21-16/h5-8,12-13H,9-11H2,1-4H3,(H,19,23)(H,20,21)/t12-,13-/m1/s1. The molecule has 130 valence electrons. The average Bonchev–Trinajstić information content (AvgIpc) is 2.96. The molecule has 2 N–H and O–H groups in total. The lowest BCUT2D eigenvalue weighted by molar-refractivity contribution is -0.0948. The number of amides is 1. The van der Waals surface area contributed by atoms with Crippen LogP contribution in [0, 0.1) is 0 Å². The molecule has 1 amide bonds. The van der Waals surface area contributed by atoms with Gasteiger partial charge in [0.1, 0.15) is 0 Å². The van der Waals surface area contributed by atoms with Crippen molar-refractivity contribution in [2.75, 3.05) is 19.6 Å². The van der Waals surface area contributed by atoms with E-state index in [4.69, 9.17) is 4.74 Å². The minimum atomic E-state index is -0.145. The van der Waals surface area contributed by atoms with Crippen LogP contribution in [-0.2, 0) is 4.74 Å². The van der Waals surface area contributed by atoms with Crippen LogP contribution < -0.4 is 5.32 Å². The molecule has 0 saturated carbocycles. The Balaban J connectivity index is 1.66. The summed E-state index contributed by atoms with van der Waals surface area (Å²) >= 11 is 0. The van der Waals surface area contributed by atoms with Gasteiger partial charge >= 0.3 is 0 Å². The third-order valence-electron chi connectivity index (χ3n) is 4.64. The zero-order valence-electron chi connectivity index (χ0n) is 14.8. The highest BCUT2D eigenvalue weighted by Gasteiger charge is 2.33. The summed E-state index contributed by atoms with van der Waals surface area (Å²) in [7, 11) is 0. The molecule has 3 rings (SSSR count). The Morgan fingerprint density at radius 2 is 2.00 bits per heavy atom. The molecule has 0 spiro atoms. The smallest absolute Gasteiger partial charge is 0.272 e. The number of hydrogen-bond donors (Lipinski definition) is 2. The number of H-pyrrole nitrogens is 1. The number of aromatic nitrogens is 2. The Hall–Kier alpha value is -1.92. The normalized spacial score (nSPS) is 22.7. The van der Waals surface area contributed by atoms with Gasteiger partial charge in [-0.25, -0.2) is 0 Å². The quantitative estimate of drug-likeness (QED) is 0.901. The minimum absolute atomic E-state index is 0.144. The van der Waals surface area contributed by atoms with Gasteiger partial charge < -0.3 is 10.1 Å². The number of ether oxygens (including phenoxy) is 1. The number of rotatable bonds is 4. The molecule has 2 heterocycles. The van der Waals surface area contributed by atoms with E-state index in [0.29, 0.717) is 12.2 Å². The first-order chi connectivity index (χ1) is 11.4. The number of nitrogens with one attached hydrogen (secondary N) is 2. The third-order valence-corrected chi connectivity index (χ3v) is 4.64. The van der Waals surface area contributed by atoms with Gasteiger partial charge in [0, 0.05) is 30.6 Å². The van der Waals surface area contributed by atoms with Gasteiger partial charge in [-0.2, -0.15) is 5.10 Å². The van der Waals surface area contributed by atoms with Crippen molar-refractivity contribution in [3.63, 3.8) is 0 Å². The molecule has 1 aromatic carbocycles. The summed E-state index contributed by atoms with van der Waals surface area (Å²) < 4.78 is 5.80. The molecule has 0 unspecified atom stereocenters. The van der Waals surface area contributed by atoms with Crippen LogP contribution in [0.1, 0.15) is 38.2 Å². The van der Waals surface area contributed by atoms with Gasteiger partial charge in [-0.05, 0) is 33.8 Å². The second-order valence-electron chi connectivity index (χ2n) is 7.28. The van der Waals surface area contributed by atoms with Crippen LogP contribution in [0.3, 0.4) is 0 Å². The van der Waals surface area contributed by atoms with Crippen molar-refractivity contribution < 1.29 is 9.53 Å². The highest BCUT2D eigenvalue weighted by atomic mass is 16.5. The van der Waals surface area contributed by atoms with Crippen LogP contribution >= 0.6 is 0 Å². The minimum Gasteiger partial charge on any atom is -0.373 e. The van der Waals surface area contributed by atoms with Crippen molar-refractivity contribution in [2.24, 2.45) is 0 Å². The number of nitrogens with zero attached hydrogens (tertiary/aromatic N) is 2. The van der Waals surface area contributed by atoms with Gasteiger partial charge in [-0.1, -0.05) is 18.2 Å². The summed E-state index contributed by atoms with van der Waals surface area (Å²) in [5.41, 5.74) is 1.18. The Bertz CT molecular complexity index is 715. The maximum absolute atomic E-state index is 12.5. The molecule has 0 aliphatic carbocycles. The maximum Gasteiger partial charge on any atom is 0.272 e. The maximum atomic E-state index is 12.5. The number of para-hydroxylation sites is 1. The second kappa shape index (κ2) is 6.53. The van der Waals surface area contributed by atoms with Crippen molar-refractivity contribution >= 4 is 16.8 Å². The van der Waals surface area contributed by atoms with E-state index in [1.54, 1.807) is 0 Å². The van der Waals surface area contributed by atoms with Gasteiger partial charge in [0.2, 0.25) is 0 Å². The zero-order chi connectivity index (χ0) is 17.3. The van der Waals surface area contributed by atoms with Gasteiger partial charge in [0.25, 0.3) is 5.91 Å². The van der Waals surface area contributed by atoms with Crippen LogP contribution in [0.15, 0.2) is 24.3 Å². The number of carbonyl (C=O) groups excluding carboxylic acids is 1. The molecule has 1 aromatic heterocycles. The van der Waals surface area contributed by atoms with E-state index in [1.807, 2.05) is 24.3 Å². The summed E-state index contributed by atoms with van der Waals surface area (Å²) in [4.78, 5) is 14.9. The molecule has 2 aromatic rings. The molecule has 1 saturated heterocycles. The molecule has 0 radical (unpaired) electrons. The summed E-state index contributed by atoms with van der Waals surface area (Å²) in [6, 6.07) is 7.66. The molecule has 6 nitrogen and oxygen atoms in total. The number of benzene rings is 1. The fourth-order valence-corrected chi connectivity index (χ4v) is 3.30. The first-order valence-electron chi connectivity index (χ1n) is 8.48. The second-order valence-corrected chi connectivity index (χ2v) is 7.28. The molecule has 0 bridgehead atoms. The predicted octanol–water partition coefficient (Wildman–Crippen LogP) is 2.18. The van der Waals surface area contributed by atoms with Gasteiger partial charge in [0.05, 0.1) is 17.7 Å². The van der Waals surface area contributed by atoms with Crippen LogP contribution in [0.2, 0.25) is 0 Å². The average molecular weight is 330 g/mol. The van der Waals surface area contributed by atoms with Crippen LogP contribution in [-0.4, -0.2) is 58.4 Å². The Kier molecular flexibility index (Phi) is 4.60. The van der Waals surface area contributed by atoms with Crippen molar-refractivity contribution in [1.29, 1.82) is 0 Å². The Labute approximate surface area is 142 Å². The molecule has 1 aliphatic heterocycles. The van der Waals surface area contributed by atoms with Crippen molar-refractivity contribution in [3.05, 3.63) is 30.0 Å². The number of carbonyl (C=O) groups is 1. The molecular formula is C18H26N4O2. The topological polar surface area (TPSA) is 70.2 Å². The van der Waals surface area contributed by atoms with E-state index in [2.05, 4.69) is 48.1 Å². The van der Waals surface area contributed by atoms with E-state index < -0.39 is 0 Å². The lowest BCUT2D eigenvalue weighted by Crippen LogP contribution is -2.58. The third kappa shape index (κ3) is 3.44. The summed E-state index contributed by atoms with van der Waals surface area (Å²) in [6.45, 7) is 10.8. The van der Waals surface area contributed by atoms with Crippen molar-refractivity contribution in [3.8, 4) is 0 Å². The SMILES string of the molecule is C[C@@H]1CN(C(C)(C)CNC(=O)c2n[nH]c3ccccc23)C[C@@H](C)O1. The van der Waals surface area contributed by atoms with Crippen molar-refractivity contribution in [2.45, 2.75) is 45.4 Å². The molecule has 6 heteroatoms. The molecular weight excluding hydrogens is 304 g/mol. The number of hydrogen-bond acceptors (Lipinski definition) is 4. The highest BCUT2D eigenvalue weighted by Crippen LogP contribution is 2.21. The fraction of sp³-hybridized carbons (Fsp3) is 0.556. The van der Waals surface area contributed by atoms with Gasteiger partial charge in [0.15, 0.2) is 5.69 Å². The summed E-state index contributed by atoms with van der Waals surface area (Å²) in [6.07, 6.45) is 0.415. The lowest BCUT2D eigenvalue weighted by Gasteiger charge is -2.45. The summed E-state index contributed by atoms with van der Waals surface area (Å²) in [5, 5.41) is 11.0. The van der Waals surface area contributed by atoms with E-state index >= 15 is 0 Å². The van der Waals surface area contributed by atoms with E-state index in [0.717, 1.165) is 24.0 Å². The first-order valence-corrected chi connectivity index (χ1v) is 8.48. The fourth-order valence-electron chi connectivity index (χ4n) is 3.30. The molecule has 1 fully saturated rings. The highest BCUT2D eigenvalue weighted by molar-refractivity contribution is 6.04. The van der Waals surface area contributed by atoms with Gasteiger partial charge in [-0.3, -0.25) is 14.8 Å². The molecule has 2 atom stereocenters. The number of aromatic amines is 1. The number of fused-ring (bicyclic) bond motifs is 1. The predicted molar refractivity (Wildman–Crippen MR) is 94.1 cm³/mol. The first kappa shape index (κ1) is 16.9.